The molecule has 1 amide bonds. The standard InChI is InChI=1S/C22H28ClN5O/c1-17-15-20(26-9-5-2-6-10-26)25-22(24-17)28-13-11-27(12-14-28)21(29)16-18-7-3-4-8-19(18)23/h3-4,7-8,15H,2,5-6,9-14,16H2,1H3. The second-order valence-electron chi connectivity index (χ2n) is 7.85. The maximum Gasteiger partial charge on any atom is 0.227 e. The summed E-state index contributed by atoms with van der Waals surface area (Å²) in [6.07, 6.45) is 4.10. The van der Waals surface area contributed by atoms with Gasteiger partial charge in [0.05, 0.1) is 6.42 Å². The van der Waals surface area contributed by atoms with Crippen LogP contribution in [-0.4, -0.2) is 60.0 Å². The predicted octanol–water partition coefficient (Wildman–Crippen LogP) is 3.32. The summed E-state index contributed by atoms with van der Waals surface area (Å²) < 4.78 is 0. The highest BCUT2D eigenvalue weighted by Gasteiger charge is 2.24. The molecular formula is C22H28ClN5O. The summed E-state index contributed by atoms with van der Waals surface area (Å²) in [5.41, 5.74) is 1.88. The minimum Gasteiger partial charge on any atom is -0.356 e. The molecule has 0 N–H and O–H groups in total. The van der Waals surface area contributed by atoms with Gasteiger partial charge in [0, 0.05) is 56.1 Å². The van der Waals surface area contributed by atoms with Crippen LogP contribution in [0.3, 0.4) is 0 Å². The third kappa shape index (κ3) is 4.81. The van der Waals surface area contributed by atoms with Crippen molar-refractivity contribution in [2.45, 2.75) is 32.6 Å². The molecule has 2 aliphatic heterocycles. The largest absolute Gasteiger partial charge is 0.356 e. The third-order valence-electron chi connectivity index (χ3n) is 5.72. The molecule has 0 unspecified atom stereocenters. The Labute approximate surface area is 177 Å². The zero-order valence-corrected chi connectivity index (χ0v) is 17.7. The zero-order valence-electron chi connectivity index (χ0n) is 17.0. The minimum atomic E-state index is 0.122. The number of aryl methyl sites for hydroxylation is 1. The van der Waals surface area contributed by atoms with Crippen LogP contribution in [0.5, 0.6) is 0 Å². The van der Waals surface area contributed by atoms with E-state index in [1.54, 1.807) is 0 Å². The van der Waals surface area contributed by atoms with Crippen molar-refractivity contribution in [3.05, 3.63) is 46.6 Å². The van der Waals surface area contributed by atoms with Crippen LogP contribution in [0, 0.1) is 6.92 Å². The van der Waals surface area contributed by atoms with Crippen molar-refractivity contribution in [2.24, 2.45) is 0 Å². The van der Waals surface area contributed by atoms with Gasteiger partial charge in [-0.3, -0.25) is 4.79 Å². The van der Waals surface area contributed by atoms with Gasteiger partial charge < -0.3 is 14.7 Å². The summed E-state index contributed by atoms with van der Waals surface area (Å²) >= 11 is 6.20. The topological polar surface area (TPSA) is 52.6 Å². The first-order chi connectivity index (χ1) is 14.1. The third-order valence-corrected chi connectivity index (χ3v) is 6.09. The van der Waals surface area contributed by atoms with Gasteiger partial charge in [-0.2, -0.15) is 4.98 Å². The van der Waals surface area contributed by atoms with Crippen molar-refractivity contribution in [1.29, 1.82) is 0 Å². The van der Waals surface area contributed by atoms with Crippen molar-refractivity contribution in [3.8, 4) is 0 Å². The maximum atomic E-state index is 12.7. The molecule has 2 fully saturated rings. The van der Waals surface area contributed by atoms with E-state index < -0.39 is 0 Å². The summed E-state index contributed by atoms with van der Waals surface area (Å²) in [7, 11) is 0. The lowest BCUT2D eigenvalue weighted by atomic mass is 10.1. The highest BCUT2D eigenvalue weighted by atomic mass is 35.5. The number of rotatable bonds is 4. The average Bonchev–Trinajstić information content (AvgIpc) is 2.75. The molecule has 0 saturated carbocycles. The Morgan fingerprint density at radius 3 is 2.41 bits per heavy atom. The molecule has 0 aliphatic carbocycles. The van der Waals surface area contributed by atoms with Crippen molar-refractivity contribution < 1.29 is 4.79 Å². The second-order valence-corrected chi connectivity index (χ2v) is 8.26. The summed E-state index contributed by atoms with van der Waals surface area (Å²) in [4.78, 5) is 28.7. The number of benzene rings is 1. The molecule has 3 heterocycles. The molecule has 154 valence electrons. The van der Waals surface area contributed by atoms with Gasteiger partial charge in [-0.25, -0.2) is 4.98 Å². The number of carbonyl (C=O) groups is 1. The Kier molecular flexibility index (Phi) is 6.19. The van der Waals surface area contributed by atoms with E-state index >= 15 is 0 Å². The van der Waals surface area contributed by atoms with Crippen LogP contribution in [-0.2, 0) is 11.2 Å². The van der Waals surface area contributed by atoms with E-state index in [-0.39, 0.29) is 5.91 Å². The van der Waals surface area contributed by atoms with Crippen LogP contribution in [0.1, 0.15) is 30.5 Å². The molecule has 2 aliphatic rings. The van der Waals surface area contributed by atoms with Crippen molar-refractivity contribution in [3.63, 3.8) is 0 Å². The fourth-order valence-electron chi connectivity index (χ4n) is 4.04. The van der Waals surface area contributed by atoms with Crippen LogP contribution in [0.2, 0.25) is 5.02 Å². The van der Waals surface area contributed by atoms with Gasteiger partial charge in [-0.05, 0) is 37.8 Å². The summed E-state index contributed by atoms with van der Waals surface area (Å²) in [6, 6.07) is 9.63. The minimum absolute atomic E-state index is 0.122. The number of piperazine rings is 1. The fourth-order valence-corrected chi connectivity index (χ4v) is 4.24. The Bertz CT molecular complexity index is 860. The molecule has 2 saturated heterocycles. The van der Waals surface area contributed by atoms with Gasteiger partial charge in [-0.15, -0.1) is 0 Å². The number of halogens is 1. The van der Waals surface area contributed by atoms with Crippen LogP contribution in [0.25, 0.3) is 0 Å². The molecule has 1 aromatic carbocycles. The van der Waals surface area contributed by atoms with Crippen LogP contribution >= 0.6 is 11.6 Å². The first-order valence-corrected chi connectivity index (χ1v) is 10.8. The Morgan fingerprint density at radius 1 is 0.966 bits per heavy atom. The predicted molar refractivity (Wildman–Crippen MR) is 117 cm³/mol. The summed E-state index contributed by atoms with van der Waals surface area (Å²) in [6.45, 7) is 7.02. The van der Waals surface area contributed by atoms with Crippen molar-refractivity contribution in [1.82, 2.24) is 14.9 Å². The summed E-state index contributed by atoms with van der Waals surface area (Å²) in [5.74, 6) is 1.94. The highest BCUT2D eigenvalue weighted by Crippen LogP contribution is 2.22. The van der Waals surface area contributed by atoms with Crippen molar-refractivity contribution in [2.75, 3.05) is 49.1 Å². The van der Waals surface area contributed by atoms with Crippen molar-refractivity contribution >= 4 is 29.3 Å². The number of carbonyl (C=O) groups excluding carboxylic acids is 1. The molecule has 0 bridgehead atoms. The van der Waals surface area contributed by atoms with Gasteiger partial charge in [0.15, 0.2) is 0 Å². The number of hydrogen-bond acceptors (Lipinski definition) is 5. The van der Waals surface area contributed by atoms with Gasteiger partial charge in [0.1, 0.15) is 5.82 Å². The molecule has 7 heteroatoms. The molecule has 0 radical (unpaired) electrons. The highest BCUT2D eigenvalue weighted by molar-refractivity contribution is 6.31. The number of aromatic nitrogens is 2. The van der Waals surface area contributed by atoms with Gasteiger partial charge in [0.25, 0.3) is 0 Å². The molecule has 4 rings (SSSR count). The summed E-state index contributed by atoms with van der Waals surface area (Å²) in [5, 5.41) is 0.651. The van der Waals surface area contributed by atoms with Crippen LogP contribution in [0.4, 0.5) is 11.8 Å². The van der Waals surface area contributed by atoms with Gasteiger partial charge in [0.2, 0.25) is 11.9 Å². The number of piperidine rings is 1. The molecular weight excluding hydrogens is 386 g/mol. The number of anilines is 2. The first kappa shape index (κ1) is 20.0. The number of nitrogens with zero attached hydrogens (tertiary/aromatic N) is 5. The Morgan fingerprint density at radius 2 is 1.69 bits per heavy atom. The molecule has 1 aromatic heterocycles. The SMILES string of the molecule is Cc1cc(N2CCCCC2)nc(N2CCN(C(=O)Cc3ccccc3Cl)CC2)n1. The quantitative estimate of drug-likeness (QED) is 0.769. The molecule has 0 atom stereocenters. The van der Waals surface area contributed by atoms with Crippen LogP contribution in [0.15, 0.2) is 30.3 Å². The maximum absolute atomic E-state index is 12.7. The van der Waals surface area contributed by atoms with E-state index in [0.29, 0.717) is 24.5 Å². The normalized spacial score (nSPS) is 17.5. The van der Waals surface area contributed by atoms with E-state index in [2.05, 4.69) is 20.9 Å². The molecule has 29 heavy (non-hydrogen) atoms. The first-order valence-electron chi connectivity index (χ1n) is 10.5. The molecule has 6 nitrogen and oxygen atoms in total. The monoisotopic (exact) mass is 413 g/mol. The van der Waals surface area contributed by atoms with E-state index in [1.165, 1.54) is 19.3 Å². The Hall–Kier alpha value is -2.34. The van der Waals surface area contributed by atoms with Gasteiger partial charge in [-0.1, -0.05) is 29.8 Å². The van der Waals surface area contributed by atoms with E-state index in [9.17, 15) is 4.79 Å². The lowest BCUT2D eigenvalue weighted by Gasteiger charge is -2.35. The molecule has 0 spiro atoms. The molecule has 2 aromatic rings. The second kappa shape index (κ2) is 8.99. The number of amides is 1. The lowest BCUT2D eigenvalue weighted by molar-refractivity contribution is -0.130. The smallest absolute Gasteiger partial charge is 0.227 e. The Balaban J connectivity index is 1.38. The lowest BCUT2D eigenvalue weighted by Crippen LogP contribution is -2.49. The van der Waals surface area contributed by atoms with E-state index in [4.69, 9.17) is 16.6 Å². The van der Waals surface area contributed by atoms with E-state index in [0.717, 1.165) is 49.2 Å². The number of hydrogen-bond donors (Lipinski definition) is 0. The van der Waals surface area contributed by atoms with Gasteiger partial charge >= 0.3 is 0 Å². The average molecular weight is 414 g/mol. The van der Waals surface area contributed by atoms with Crippen LogP contribution < -0.4 is 9.80 Å². The fraction of sp³-hybridized carbons (Fsp3) is 0.500. The van der Waals surface area contributed by atoms with E-state index in [1.807, 2.05) is 36.1 Å². The zero-order chi connectivity index (χ0) is 20.2.